The van der Waals surface area contributed by atoms with Crippen LogP contribution in [0.3, 0.4) is 0 Å². The molecule has 3 amide bonds. The Hall–Kier alpha value is -2.33. The summed E-state index contributed by atoms with van der Waals surface area (Å²) in [6, 6.07) is 4.86. The predicted molar refractivity (Wildman–Crippen MR) is 95.9 cm³/mol. The molecule has 2 heterocycles. The first-order valence-electron chi connectivity index (χ1n) is 9.14. The van der Waals surface area contributed by atoms with Crippen LogP contribution >= 0.6 is 0 Å². The molecule has 0 aromatic heterocycles. The third-order valence-electron chi connectivity index (χ3n) is 4.80. The number of alkyl halides is 3. The smallest absolute Gasteiger partial charge is 0.378 e. The molecule has 1 aromatic carbocycles. The molecule has 2 saturated heterocycles. The summed E-state index contributed by atoms with van der Waals surface area (Å²) in [6.45, 7) is 4.11. The van der Waals surface area contributed by atoms with Crippen LogP contribution in [-0.4, -0.2) is 85.7 Å². The number of morpholine rings is 1. The van der Waals surface area contributed by atoms with Crippen LogP contribution in [-0.2, 0) is 15.7 Å². The summed E-state index contributed by atoms with van der Waals surface area (Å²) >= 11 is 0. The van der Waals surface area contributed by atoms with E-state index < -0.39 is 17.6 Å². The first kappa shape index (κ1) is 20.4. The molecule has 0 aliphatic carbocycles. The number of urea groups is 1. The highest BCUT2D eigenvalue weighted by atomic mass is 19.4. The first-order valence-corrected chi connectivity index (χ1v) is 9.14. The maximum absolute atomic E-state index is 13.0. The van der Waals surface area contributed by atoms with Crippen LogP contribution in [0.15, 0.2) is 24.3 Å². The number of nitrogens with one attached hydrogen (secondary N) is 1. The van der Waals surface area contributed by atoms with Crippen molar-refractivity contribution in [2.24, 2.45) is 0 Å². The van der Waals surface area contributed by atoms with E-state index in [2.05, 4.69) is 5.32 Å². The van der Waals surface area contributed by atoms with Crippen molar-refractivity contribution in [3.05, 3.63) is 29.8 Å². The van der Waals surface area contributed by atoms with Crippen molar-refractivity contribution in [1.82, 2.24) is 14.7 Å². The summed E-state index contributed by atoms with van der Waals surface area (Å²) < 4.78 is 44.3. The van der Waals surface area contributed by atoms with E-state index >= 15 is 0 Å². The lowest BCUT2D eigenvalue weighted by Crippen LogP contribution is -2.55. The Labute approximate surface area is 161 Å². The Morgan fingerprint density at radius 2 is 1.57 bits per heavy atom. The average Bonchev–Trinajstić information content (AvgIpc) is 2.68. The molecule has 0 spiro atoms. The van der Waals surface area contributed by atoms with Crippen LogP contribution in [0, 0.1) is 0 Å². The number of rotatable bonds is 3. The molecule has 2 aliphatic rings. The lowest BCUT2D eigenvalue weighted by Gasteiger charge is -2.38. The molecular weight excluding hydrogens is 377 g/mol. The van der Waals surface area contributed by atoms with Gasteiger partial charge in [-0.25, -0.2) is 4.79 Å². The number of benzene rings is 1. The van der Waals surface area contributed by atoms with Gasteiger partial charge in [0.1, 0.15) is 0 Å². The molecule has 2 fully saturated rings. The molecular formula is C18H23F3N4O3. The second kappa shape index (κ2) is 8.78. The molecule has 1 N–H and O–H groups in total. The van der Waals surface area contributed by atoms with Gasteiger partial charge in [0.25, 0.3) is 0 Å². The number of para-hydroxylation sites is 1. The van der Waals surface area contributed by atoms with Gasteiger partial charge in [-0.15, -0.1) is 0 Å². The summed E-state index contributed by atoms with van der Waals surface area (Å²) in [5.41, 5.74) is -1.12. The highest BCUT2D eigenvalue weighted by molar-refractivity contribution is 5.93. The molecule has 28 heavy (non-hydrogen) atoms. The van der Waals surface area contributed by atoms with Gasteiger partial charge in [-0.05, 0) is 12.1 Å². The summed E-state index contributed by atoms with van der Waals surface area (Å²) in [5, 5.41) is 2.35. The summed E-state index contributed by atoms with van der Waals surface area (Å²) in [4.78, 5) is 30.0. The lowest BCUT2D eigenvalue weighted by molar-refractivity contribution is -0.137. The third-order valence-corrected chi connectivity index (χ3v) is 4.80. The molecule has 0 bridgehead atoms. The van der Waals surface area contributed by atoms with Crippen molar-refractivity contribution in [1.29, 1.82) is 0 Å². The van der Waals surface area contributed by atoms with E-state index in [4.69, 9.17) is 4.74 Å². The van der Waals surface area contributed by atoms with E-state index in [1.54, 1.807) is 9.80 Å². The van der Waals surface area contributed by atoms with E-state index in [0.717, 1.165) is 6.07 Å². The number of carbonyl (C=O) groups excluding carboxylic acids is 2. The molecule has 0 saturated carbocycles. The molecule has 0 unspecified atom stereocenters. The van der Waals surface area contributed by atoms with E-state index in [1.807, 2.05) is 4.90 Å². The topological polar surface area (TPSA) is 65.1 Å². The van der Waals surface area contributed by atoms with Gasteiger partial charge < -0.3 is 19.9 Å². The number of ether oxygens (including phenoxy) is 1. The largest absolute Gasteiger partial charge is 0.418 e. The Morgan fingerprint density at radius 1 is 0.964 bits per heavy atom. The van der Waals surface area contributed by atoms with E-state index in [9.17, 15) is 22.8 Å². The molecule has 154 valence electrons. The summed E-state index contributed by atoms with van der Waals surface area (Å²) in [6.07, 6.45) is -4.53. The maximum Gasteiger partial charge on any atom is 0.418 e. The molecule has 2 aliphatic heterocycles. The highest BCUT2D eigenvalue weighted by Crippen LogP contribution is 2.34. The predicted octanol–water partition coefficient (Wildman–Crippen LogP) is 1.71. The number of amides is 3. The SMILES string of the molecule is O=C(CN1CCN(C(=O)N2CCOCC2)CC1)Nc1ccccc1C(F)(F)F. The van der Waals surface area contributed by atoms with Crippen molar-refractivity contribution in [2.45, 2.75) is 6.18 Å². The van der Waals surface area contributed by atoms with Crippen LogP contribution in [0.1, 0.15) is 5.56 Å². The fourth-order valence-electron chi connectivity index (χ4n) is 3.28. The number of hydrogen-bond acceptors (Lipinski definition) is 4. The minimum Gasteiger partial charge on any atom is -0.378 e. The second-order valence-corrected chi connectivity index (χ2v) is 6.74. The van der Waals surface area contributed by atoms with E-state index in [0.29, 0.717) is 52.5 Å². The number of piperazine rings is 1. The Bertz CT molecular complexity index is 700. The maximum atomic E-state index is 13.0. The minimum absolute atomic E-state index is 0.0220. The number of carbonyl (C=O) groups is 2. The second-order valence-electron chi connectivity index (χ2n) is 6.74. The zero-order chi connectivity index (χ0) is 20.1. The molecule has 0 radical (unpaired) electrons. The third kappa shape index (κ3) is 5.14. The number of halogens is 3. The number of anilines is 1. The van der Waals surface area contributed by atoms with Gasteiger partial charge in [0.05, 0.1) is 31.0 Å². The quantitative estimate of drug-likeness (QED) is 0.839. The van der Waals surface area contributed by atoms with Gasteiger partial charge in [-0.3, -0.25) is 9.69 Å². The fourth-order valence-corrected chi connectivity index (χ4v) is 3.28. The molecule has 10 heteroatoms. The highest BCUT2D eigenvalue weighted by Gasteiger charge is 2.34. The first-order chi connectivity index (χ1) is 13.3. The zero-order valence-electron chi connectivity index (χ0n) is 15.4. The van der Waals surface area contributed by atoms with Crippen molar-refractivity contribution >= 4 is 17.6 Å². The number of hydrogen-bond donors (Lipinski definition) is 1. The van der Waals surface area contributed by atoms with Crippen molar-refractivity contribution in [3.63, 3.8) is 0 Å². The minimum atomic E-state index is -4.53. The normalized spacial score (nSPS) is 18.8. The lowest BCUT2D eigenvalue weighted by atomic mass is 10.1. The van der Waals surface area contributed by atoms with Gasteiger partial charge in [0.2, 0.25) is 5.91 Å². The Balaban J connectivity index is 1.48. The average molecular weight is 400 g/mol. The van der Waals surface area contributed by atoms with Gasteiger partial charge in [0.15, 0.2) is 0 Å². The van der Waals surface area contributed by atoms with Crippen molar-refractivity contribution < 1.29 is 27.5 Å². The molecule has 0 atom stereocenters. The summed E-state index contributed by atoms with van der Waals surface area (Å²) in [7, 11) is 0. The van der Waals surface area contributed by atoms with Crippen LogP contribution in [0.25, 0.3) is 0 Å². The fraction of sp³-hybridized carbons (Fsp3) is 0.556. The van der Waals surface area contributed by atoms with Gasteiger partial charge >= 0.3 is 12.2 Å². The van der Waals surface area contributed by atoms with E-state index in [-0.39, 0.29) is 18.3 Å². The zero-order valence-corrected chi connectivity index (χ0v) is 15.4. The molecule has 3 rings (SSSR count). The molecule has 7 nitrogen and oxygen atoms in total. The standard InChI is InChI=1S/C18H23F3N4O3/c19-18(20,21)14-3-1-2-4-15(14)22-16(26)13-23-5-7-24(8-6-23)17(27)25-9-11-28-12-10-25/h1-4H,5-13H2,(H,22,26). The Morgan fingerprint density at radius 3 is 2.21 bits per heavy atom. The number of nitrogens with zero attached hydrogens (tertiary/aromatic N) is 3. The van der Waals surface area contributed by atoms with Gasteiger partial charge in [-0.1, -0.05) is 12.1 Å². The van der Waals surface area contributed by atoms with Crippen molar-refractivity contribution in [2.75, 3.05) is 64.3 Å². The van der Waals surface area contributed by atoms with Gasteiger partial charge in [-0.2, -0.15) is 13.2 Å². The van der Waals surface area contributed by atoms with E-state index in [1.165, 1.54) is 18.2 Å². The van der Waals surface area contributed by atoms with Gasteiger partial charge in [0, 0.05) is 39.3 Å². The van der Waals surface area contributed by atoms with Crippen LogP contribution in [0.4, 0.5) is 23.7 Å². The van der Waals surface area contributed by atoms with Crippen LogP contribution in [0.5, 0.6) is 0 Å². The summed E-state index contributed by atoms with van der Waals surface area (Å²) in [5.74, 6) is -0.510. The van der Waals surface area contributed by atoms with Crippen LogP contribution in [0.2, 0.25) is 0 Å². The Kier molecular flexibility index (Phi) is 6.40. The van der Waals surface area contributed by atoms with Crippen molar-refractivity contribution in [3.8, 4) is 0 Å². The molecule has 1 aromatic rings. The monoisotopic (exact) mass is 400 g/mol. The van der Waals surface area contributed by atoms with Crippen LogP contribution < -0.4 is 5.32 Å².